The molecule has 0 unspecified atom stereocenters. The van der Waals surface area contributed by atoms with Crippen molar-refractivity contribution in [3.63, 3.8) is 0 Å². The smallest absolute Gasteiger partial charge is 0.264 e. The maximum atomic E-state index is 14.3. The van der Waals surface area contributed by atoms with Crippen LogP contribution in [0.2, 0.25) is 0 Å². The summed E-state index contributed by atoms with van der Waals surface area (Å²) < 4.78 is 43.1. The highest BCUT2D eigenvalue weighted by Gasteiger charge is 2.35. The molecule has 9 heteroatoms. The summed E-state index contributed by atoms with van der Waals surface area (Å²) in [5, 5.41) is 2.65. The van der Waals surface area contributed by atoms with E-state index < -0.39 is 40.2 Å². The molecule has 7 nitrogen and oxygen atoms in total. The first-order chi connectivity index (χ1) is 20.5. The van der Waals surface area contributed by atoms with Gasteiger partial charge in [-0.25, -0.2) is 12.8 Å². The molecule has 1 atom stereocenters. The molecule has 0 aliphatic heterocycles. The van der Waals surface area contributed by atoms with Crippen LogP contribution in [-0.4, -0.2) is 44.8 Å². The first-order valence-corrected chi connectivity index (χ1v) is 15.4. The van der Waals surface area contributed by atoms with Gasteiger partial charge in [0.05, 0.1) is 10.6 Å². The number of sulfonamides is 1. The van der Waals surface area contributed by atoms with Gasteiger partial charge in [0, 0.05) is 20.0 Å². The zero-order chi connectivity index (χ0) is 31.1. The first-order valence-electron chi connectivity index (χ1n) is 14.0. The van der Waals surface area contributed by atoms with Gasteiger partial charge in [-0.1, -0.05) is 72.3 Å². The minimum Gasteiger partial charge on any atom is -0.357 e. The largest absolute Gasteiger partial charge is 0.357 e. The second-order valence-corrected chi connectivity index (χ2v) is 12.4. The SMILES string of the molecule is CNC(=O)[C@@H](Cc1ccccc1)N(Cc1ccc(F)cc1)C(=O)CN(c1cccc(C)c1C)S(=O)(=O)c1ccc(C)cc1. The van der Waals surface area contributed by atoms with Gasteiger partial charge >= 0.3 is 0 Å². The van der Waals surface area contributed by atoms with E-state index in [0.29, 0.717) is 16.8 Å². The van der Waals surface area contributed by atoms with Crippen molar-refractivity contribution in [1.29, 1.82) is 0 Å². The maximum absolute atomic E-state index is 14.3. The second kappa shape index (κ2) is 13.6. The van der Waals surface area contributed by atoms with Gasteiger partial charge in [0.15, 0.2) is 0 Å². The molecule has 0 aliphatic rings. The maximum Gasteiger partial charge on any atom is 0.264 e. The molecule has 2 amide bonds. The van der Waals surface area contributed by atoms with Gasteiger partial charge in [-0.15, -0.1) is 0 Å². The summed E-state index contributed by atoms with van der Waals surface area (Å²) in [6.07, 6.45) is 0.196. The van der Waals surface area contributed by atoms with Crippen LogP contribution in [0.3, 0.4) is 0 Å². The fourth-order valence-corrected chi connectivity index (χ4v) is 6.34. The van der Waals surface area contributed by atoms with Crippen molar-refractivity contribution in [3.05, 3.63) is 131 Å². The first kappa shape index (κ1) is 31.4. The lowest BCUT2D eigenvalue weighted by Crippen LogP contribution is -2.53. The molecule has 4 aromatic rings. The van der Waals surface area contributed by atoms with Crippen molar-refractivity contribution in [2.75, 3.05) is 17.9 Å². The molecule has 0 saturated heterocycles. The van der Waals surface area contributed by atoms with Crippen LogP contribution in [0.4, 0.5) is 10.1 Å². The third-order valence-corrected chi connectivity index (χ3v) is 9.29. The predicted molar refractivity (Wildman–Crippen MR) is 167 cm³/mol. The van der Waals surface area contributed by atoms with Crippen LogP contribution >= 0.6 is 0 Å². The number of hydrogen-bond acceptors (Lipinski definition) is 4. The molecule has 0 fully saturated rings. The van der Waals surface area contributed by atoms with E-state index in [9.17, 15) is 22.4 Å². The summed E-state index contributed by atoms with van der Waals surface area (Å²) in [6.45, 7) is 4.96. The molecule has 0 saturated carbocycles. The fraction of sp³-hybridized carbons (Fsp3) is 0.235. The van der Waals surface area contributed by atoms with Crippen LogP contribution in [0.5, 0.6) is 0 Å². The molecule has 1 N–H and O–H groups in total. The van der Waals surface area contributed by atoms with Gasteiger partial charge in [-0.2, -0.15) is 0 Å². The van der Waals surface area contributed by atoms with Crippen LogP contribution < -0.4 is 9.62 Å². The number of aryl methyl sites for hydroxylation is 2. The van der Waals surface area contributed by atoms with E-state index in [1.807, 2.05) is 57.2 Å². The molecule has 43 heavy (non-hydrogen) atoms. The summed E-state index contributed by atoms with van der Waals surface area (Å²) in [5.41, 5.74) is 4.26. The number of amides is 2. The van der Waals surface area contributed by atoms with E-state index in [0.717, 1.165) is 21.0 Å². The quantitative estimate of drug-likeness (QED) is 0.252. The number of anilines is 1. The molecular weight excluding hydrogens is 565 g/mol. The van der Waals surface area contributed by atoms with Gasteiger partial charge in [-0.05, 0) is 73.4 Å². The number of nitrogens with one attached hydrogen (secondary N) is 1. The normalized spacial score (nSPS) is 11.9. The zero-order valence-corrected chi connectivity index (χ0v) is 25.6. The van der Waals surface area contributed by atoms with Gasteiger partial charge in [0.1, 0.15) is 18.4 Å². The molecule has 0 heterocycles. The Morgan fingerprint density at radius 1 is 0.814 bits per heavy atom. The molecule has 0 radical (unpaired) electrons. The summed E-state index contributed by atoms with van der Waals surface area (Å²) in [5.74, 6) is -1.41. The number of likely N-dealkylation sites (N-methyl/N-ethyl adjacent to an activating group) is 1. The fourth-order valence-electron chi connectivity index (χ4n) is 4.86. The average Bonchev–Trinajstić information content (AvgIpc) is 3.00. The van der Waals surface area contributed by atoms with Crippen molar-refractivity contribution >= 4 is 27.5 Å². The minimum atomic E-state index is -4.19. The summed E-state index contributed by atoms with van der Waals surface area (Å²) in [7, 11) is -2.70. The highest BCUT2D eigenvalue weighted by atomic mass is 32.2. The third kappa shape index (κ3) is 7.48. The Hall–Kier alpha value is -4.50. The highest BCUT2D eigenvalue weighted by molar-refractivity contribution is 7.92. The van der Waals surface area contributed by atoms with Gasteiger partial charge in [0.25, 0.3) is 10.0 Å². The van der Waals surface area contributed by atoms with Crippen LogP contribution in [0.25, 0.3) is 0 Å². The van der Waals surface area contributed by atoms with Gasteiger partial charge in [-0.3, -0.25) is 13.9 Å². The number of carbonyl (C=O) groups excluding carboxylic acids is 2. The van der Waals surface area contributed by atoms with E-state index in [1.165, 1.54) is 36.2 Å². The van der Waals surface area contributed by atoms with Crippen LogP contribution in [0.1, 0.15) is 27.8 Å². The molecule has 224 valence electrons. The number of benzene rings is 4. The number of halogens is 1. The Bertz CT molecular complexity index is 1680. The third-order valence-electron chi connectivity index (χ3n) is 7.52. The lowest BCUT2D eigenvalue weighted by molar-refractivity contribution is -0.139. The van der Waals surface area contributed by atoms with Crippen molar-refractivity contribution in [2.45, 2.75) is 44.7 Å². The molecule has 0 spiro atoms. The van der Waals surface area contributed by atoms with E-state index in [-0.39, 0.29) is 17.9 Å². The molecule has 0 aliphatic carbocycles. The Labute approximate surface area is 253 Å². The predicted octanol–water partition coefficient (Wildman–Crippen LogP) is 5.33. The molecule has 4 rings (SSSR count). The zero-order valence-electron chi connectivity index (χ0n) is 24.7. The van der Waals surface area contributed by atoms with E-state index in [2.05, 4.69) is 5.32 Å². The Balaban J connectivity index is 1.81. The molecular formula is C34H36FN3O4S. The molecule has 0 bridgehead atoms. The van der Waals surface area contributed by atoms with Gasteiger partial charge in [0.2, 0.25) is 11.8 Å². The molecule has 0 aromatic heterocycles. The lowest BCUT2D eigenvalue weighted by Gasteiger charge is -2.34. The Morgan fingerprint density at radius 2 is 1.47 bits per heavy atom. The van der Waals surface area contributed by atoms with Crippen LogP contribution in [-0.2, 0) is 32.6 Å². The number of nitrogens with zero attached hydrogens (tertiary/aromatic N) is 2. The molecule has 4 aromatic carbocycles. The number of hydrogen-bond donors (Lipinski definition) is 1. The van der Waals surface area contributed by atoms with Crippen LogP contribution in [0, 0.1) is 26.6 Å². The summed E-state index contributed by atoms with van der Waals surface area (Å²) in [4.78, 5) is 29.1. The van der Waals surface area contributed by atoms with Gasteiger partial charge < -0.3 is 10.2 Å². The van der Waals surface area contributed by atoms with E-state index in [4.69, 9.17) is 0 Å². The highest BCUT2D eigenvalue weighted by Crippen LogP contribution is 2.29. The number of rotatable bonds is 11. The topological polar surface area (TPSA) is 86.8 Å². The Morgan fingerprint density at radius 3 is 2.09 bits per heavy atom. The number of carbonyl (C=O) groups is 2. The Kier molecular flexibility index (Phi) is 9.98. The lowest BCUT2D eigenvalue weighted by atomic mass is 10.0. The average molecular weight is 602 g/mol. The van der Waals surface area contributed by atoms with Crippen molar-refractivity contribution in [2.24, 2.45) is 0 Å². The van der Waals surface area contributed by atoms with Crippen molar-refractivity contribution < 1.29 is 22.4 Å². The van der Waals surface area contributed by atoms with Crippen LogP contribution in [0.15, 0.2) is 102 Å². The van der Waals surface area contributed by atoms with Crippen molar-refractivity contribution in [1.82, 2.24) is 10.2 Å². The monoisotopic (exact) mass is 601 g/mol. The minimum absolute atomic E-state index is 0.0325. The standard InChI is InChI=1S/C34H36FN3O4S/c1-24-13-19-30(20-14-24)43(41,42)38(31-12-8-9-25(2)26(31)3)23-33(39)37(22-28-15-17-29(35)18-16-28)32(34(40)36-4)21-27-10-6-5-7-11-27/h5-20,32H,21-23H2,1-4H3,(H,36,40)/t32-/m1/s1. The van der Waals surface area contributed by atoms with Crippen molar-refractivity contribution in [3.8, 4) is 0 Å². The summed E-state index contributed by atoms with van der Waals surface area (Å²) >= 11 is 0. The van der Waals surface area contributed by atoms with E-state index in [1.54, 1.807) is 36.4 Å². The second-order valence-electron chi connectivity index (χ2n) is 10.5. The van der Waals surface area contributed by atoms with E-state index >= 15 is 0 Å². The summed E-state index contributed by atoms with van der Waals surface area (Å²) in [6, 6.07) is 25.7.